The second kappa shape index (κ2) is 4.08. The van der Waals surface area contributed by atoms with Gasteiger partial charge in [-0.3, -0.25) is 0 Å². The molecule has 0 spiro atoms. The number of rotatable bonds is 2. The number of furan rings is 1. The molecule has 3 rings (SSSR count). The fourth-order valence-corrected chi connectivity index (χ4v) is 2.72. The minimum Gasteiger partial charge on any atom is -0.467 e. The Morgan fingerprint density at radius 1 is 1.53 bits per heavy atom. The summed E-state index contributed by atoms with van der Waals surface area (Å²) < 4.78 is 7.66. The average Bonchev–Trinajstić information content (AvgIpc) is 2.91. The molecule has 1 aliphatic carbocycles. The molecular formula is C14H17NO2. The van der Waals surface area contributed by atoms with Crippen molar-refractivity contribution in [3.05, 3.63) is 47.2 Å². The van der Waals surface area contributed by atoms with E-state index in [0.717, 1.165) is 37.1 Å². The minimum atomic E-state index is -0.282. The third kappa shape index (κ3) is 1.80. The molecule has 3 nitrogen and oxygen atoms in total. The van der Waals surface area contributed by atoms with Crippen molar-refractivity contribution < 1.29 is 9.52 Å². The molecule has 90 valence electrons. The quantitative estimate of drug-likeness (QED) is 0.863. The molecule has 2 heterocycles. The van der Waals surface area contributed by atoms with Crippen molar-refractivity contribution in [2.24, 2.45) is 0 Å². The van der Waals surface area contributed by atoms with Gasteiger partial charge < -0.3 is 14.1 Å². The van der Waals surface area contributed by atoms with Gasteiger partial charge in [-0.2, -0.15) is 0 Å². The Kier molecular flexibility index (Phi) is 2.56. The molecule has 1 N–H and O–H groups in total. The number of aromatic nitrogens is 1. The van der Waals surface area contributed by atoms with E-state index in [4.69, 9.17) is 4.42 Å². The van der Waals surface area contributed by atoms with Crippen LogP contribution in [0.5, 0.6) is 0 Å². The lowest BCUT2D eigenvalue weighted by atomic mass is 9.95. The Balaban J connectivity index is 1.99. The van der Waals surface area contributed by atoms with E-state index in [1.54, 1.807) is 6.26 Å². The molecule has 2 aromatic rings. The van der Waals surface area contributed by atoms with E-state index in [-0.39, 0.29) is 6.10 Å². The van der Waals surface area contributed by atoms with E-state index in [0.29, 0.717) is 0 Å². The van der Waals surface area contributed by atoms with Gasteiger partial charge in [-0.15, -0.1) is 0 Å². The van der Waals surface area contributed by atoms with Crippen molar-refractivity contribution in [3.63, 3.8) is 0 Å². The maximum atomic E-state index is 9.99. The number of aliphatic hydroxyl groups is 1. The van der Waals surface area contributed by atoms with E-state index in [2.05, 4.69) is 17.6 Å². The van der Waals surface area contributed by atoms with Crippen LogP contribution in [0.25, 0.3) is 0 Å². The van der Waals surface area contributed by atoms with Crippen LogP contribution in [0.4, 0.5) is 0 Å². The Morgan fingerprint density at radius 2 is 2.41 bits per heavy atom. The van der Waals surface area contributed by atoms with Crippen LogP contribution in [0, 0.1) is 6.92 Å². The Morgan fingerprint density at radius 3 is 3.18 bits per heavy atom. The SMILES string of the molecule is Cc1cc2c(n1Cc1ccco1)CCCC2O. The number of hydrogen-bond donors (Lipinski definition) is 1. The highest BCUT2D eigenvalue weighted by atomic mass is 16.3. The normalized spacial score (nSPS) is 19.3. The lowest BCUT2D eigenvalue weighted by Crippen LogP contribution is -2.12. The molecule has 1 atom stereocenters. The monoisotopic (exact) mass is 231 g/mol. The van der Waals surface area contributed by atoms with Gasteiger partial charge in [0.15, 0.2) is 0 Å². The second-order valence-electron chi connectivity index (χ2n) is 4.76. The first-order valence-corrected chi connectivity index (χ1v) is 6.15. The summed E-state index contributed by atoms with van der Waals surface area (Å²) in [6.45, 7) is 2.86. The van der Waals surface area contributed by atoms with Crippen LogP contribution >= 0.6 is 0 Å². The summed E-state index contributed by atoms with van der Waals surface area (Å²) in [5, 5.41) is 9.99. The van der Waals surface area contributed by atoms with Crippen LogP contribution < -0.4 is 0 Å². The van der Waals surface area contributed by atoms with Crippen molar-refractivity contribution in [1.82, 2.24) is 4.57 Å². The van der Waals surface area contributed by atoms with Gasteiger partial charge in [0.2, 0.25) is 0 Å². The van der Waals surface area contributed by atoms with Crippen molar-refractivity contribution >= 4 is 0 Å². The molecule has 17 heavy (non-hydrogen) atoms. The molecular weight excluding hydrogens is 214 g/mol. The van der Waals surface area contributed by atoms with E-state index in [9.17, 15) is 5.11 Å². The Labute approximate surface area is 101 Å². The van der Waals surface area contributed by atoms with E-state index >= 15 is 0 Å². The van der Waals surface area contributed by atoms with Crippen molar-refractivity contribution in [1.29, 1.82) is 0 Å². The third-order valence-corrected chi connectivity index (χ3v) is 3.59. The molecule has 0 amide bonds. The summed E-state index contributed by atoms with van der Waals surface area (Å²) in [7, 11) is 0. The molecule has 1 unspecified atom stereocenters. The van der Waals surface area contributed by atoms with Crippen molar-refractivity contribution in [3.8, 4) is 0 Å². The first kappa shape index (κ1) is 10.7. The highest BCUT2D eigenvalue weighted by Crippen LogP contribution is 2.32. The van der Waals surface area contributed by atoms with Gasteiger partial charge in [-0.1, -0.05) is 0 Å². The maximum absolute atomic E-state index is 9.99. The predicted octanol–water partition coefficient (Wildman–Crippen LogP) is 2.81. The van der Waals surface area contributed by atoms with Gasteiger partial charge in [0.25, 0.3) is 0 Å². The van der Waals surface area contributed by atoms with Gasteiger partial charge >= 0.3 is 0 Å². The van der Waals surface area contributed by atoms with Gasteiger partial charge in [-0.25, -0.2) is 0 Å². The predicted molar refractivity (Wildman–Crippen MR) is 64.9 cm³/mol. The molecule has 3 heteroatoms. The molecule has 0 bridgehead atoms. The fourth-order valence-electron chi connectivity index (χ4n) is 2.72. The summed E-state index contributed by atoms with van der Waals surface area (Å²) in [4.78, 5) is 0. The van der Waals surface area contributed by atoms with Crippen molar-refractivity contribution in [2.45, 2.75) is 38.8 Å². The fraction of sp³-hybridized carbons (Fsp3) is 0.429. The molecule has 0 saturated heterocycles. The van der Waals surface area contributed by atoms with Crippen LogP contribution in [-0.2, 0) is 13.0 Å². The average molecular weight is 231 g/mol. The van der Waals surface area contributed by atoms with Crippen LogP contribution in [0.1, 0.15) is 41.7 Å². The molecule has 0 radical (unpaired) electrons. The summed E-state index contributed by atoms with van der Waals surface area (Å²) in [6.07, 6.45) is 4.43. The van der Waals surface area contributed by atoms with E-state index < -0.39 is 0 Å². The summed E-state index contributed by atoms with van der Waals surface area (Å²) in [5.74, 6) is 0.964. The van der Waals surface area contributed by atoms with E-state index in [1.807, 2.05) is 12.1 Å². The number of aliphatic hydroxyl groups excluding tert-OH is 1. The zero-order valence-corrected chi connectivity index (χ0v) is 10.0. The van der Waals surface area contributed by atoms with Gasteiger partial charge in [0.05, 0.1) is 18.9 Å². The number of fused-ring (bicyclic) bond motifs is 1. The lowest BCUT2D eigenvalue weighted by Gasteiger charge is -2.20. The van der Waals surface area contributed by atoms with Gasteiger partial charge in [0.1, 0.15) is 5.76 Å². The van der Waals surface area contributed by atoms with Crippen LogP contribution in [0.2, 0.25) is 0 Å². The largest absolute Gasteiger partial charge is 0.467 e. The second-order valence-corrected chi connectivity index (χ2v) is 4.76. The molecule has 0 aromatic carbocycles. The molecule has 0 fully saturated rings. The van der Waals surface area contributed by atoms with Gasteiger partial charge in [-0.05, 0) is 44.4 Å². The minimum absolute atomic E-state index is 0.282. The van der Waals surface area contributed by atoms with E-state index in [1.165, 1.54) is 11.4 Å². The van der Waals surface area contributed by atoms with Gasteiger partial charge in [0, 0.05) is 17.0 Å². The molecule has 1 aliphatic rings. The number of nitrogens with zero attached hydrogens (tertiary/aromatic N) is 1. The summed E-state index contributed by atoms with van der Waals surface area (Å²) >= 11 is 0. The first-order chi connectivity index (χ1) is 8.25. The highest BCUT2D eigenvalue weighted by molar-refractivity contribution is 5.32. The smallest absolute Gasteiger partial charge is 0.123 e. The van der Waals surface area contributed by atoms with Crippen LogP contribution in [0.15, 0.2) is 28.9 Å². The molecule has 0 saturated carbocycles. The first-order valence-electron chi connectivity index (χ1n) is 6.15. The summed E-state index contributed by atoms with van der Waals surface area (Å²) in [5.41, 5.74) is 3.59. The zero-order chi connectivity index (χ0) is 11.8. The van der Waals surface area contributed by atoms with Crippen LogP contribution in [-0.4, -0.2) is 9.67 Å². The summed E-state index contributed by atoms with van der Waals surface area (Å²) in [6, 6.07) is 6.02. The third-order valence-electron chi connectivity index (χ3n) is 3.59. The lowest BCUT2D eigenvalue weighted by molar-refractivity contribution is 0.155. The molecule has 2 aromatic heterocycles. The zero-order valence-electron chi connectivity index (χ0n) is 10.0. The Bertz CT molecular complexity index is 511. The number of aryl methyl sites for hydroxylation is 1. The Hall–Kier alpha value is -1.48. The highest BCUT2D eigenvalue weighted by Gasteiger charge is 2.23. The maximum Gasteiger partial charge on any atom is 0.123 e. The molecule has 0 aliphatic heterocycles. The number of hydrogen-bond acceptors (Lipinski definition) is 2. The van der Waals surface area contributed by atoms with Crippen LogP contribution in [0.3, 0.4) is 0 Å². The standard InChI is InChI=1S/C14H17NO2/c1-10-8-12-13(5-2-6-14(12)16)15(10)9-11-4-3-7-17-11/h3-4,7-8,14,16H,2,5-6,9H2,1H3. The van der Waals surface area contributed by atoms with Crippen molar-refractivity contribution in [2.75, 3.05) is 0 Å². The topological polar surface area (TPSA) is 38.3 Å².